The third-order valence-electron chi connectivity index (χ3n) is 7.20. The average Bonchev–Trinajstić information content (AvgIpc) is 2.89. The molecule has 0 unspecified atom stereocenters. The van der Waals surface area contributed by atoms with Crippen LogP contribution in [-0.4, -0.2) is 6.61 Å². The number of hydrogen-bond acceptors (Lipinski definition) is 1. The van der Waals surface area contributed by atoms with Crippen molar-refractivity contribution >= 4 is 0 Å². The van der Waals surface area contributed by atoms with Gasteiger partial charge in [-0.05, 0) is 86.2 Å². The fourth-order valence-electron chi connectivity index (χ4n) is 6.22. The molecule has 1 heteroatoms. The number of allylic oxidation sites excluding steroid dienone is 4. The molecule has 0 aromatic rings. The van der Waals surface area contributed by atoms with E-state index >= 15 is 0 Å². The van der Waals surface area contributed by atoms with Crippen LogP contribution in [0.3, 0.4) is 0 Å². The van der Waals surface area contributed by atoms with E-state index in [1.54, 1.807) is 5.57 Å². The Bertz CT molecular complexity index is 474. The highest BCUT2D eigenvalue weighted by molar-refractivity contribution is 5.31. The minimum absolute atomic E-state index is 0.688. The van der Waals surface area contributed by atoms with Gasteiger partial charge in [-0.1, -0.05) is 19.4 Å². The Morgan fingerprint density at radius 3 is 2.95 bits per heavy atom. The van der Waals surface area contributed by atoms with Gasteiger partial charge in [0.2, 0.25) is 0 Å². The number of fused-ring (bicyclic) bond motifs is 5. The van der Waals surface area contributed by atoms with Crippen molar-refractivity contribution in [2.75, 3.05) is 6.61 Å². The summed E-state index contributed by atoms with van der Waals surface area (Å²) in [6, 6.07) is 0. The van der Waals surface area contributed by atoms with Crippen LogP contribution >= 0.6 is 0 Å². The largest absolute Gasteiger partial charge is 0.498 e. The van der Waals surface area contributed by atoms with E-state index in [1.165, 1.54) is 57.1 Å². The smallest absolute Gasteiger partial charge is 0.0962 e. The second-order valence-corrected chi connectivity index (χ2v) is 8.15. The van der Waals surface area contributed by atoms with E-state index in [0.717, 1.165) is 30.3 Å². The van der Waals surface area contributed by atoms with Crippen molar-refractivity contribution in [2.45, 2.75) is 65.2 Å². The lowest BCUT2D eigenvalue weighted by Gasteiger charge is -2.51. The maximum absolute atomic E-state index is 5.77. The van der Waals surface area contributed by atoms with Gasteiger partial charge >= 0.3 is 0 Å². The Morgan fingerprint density at radius 2 is 2.10 bits per heavy atom. The average molecular weight is 286 g/mol. The predicted molar refractivity (Wildman–Crippen MR) is 86.8 cm³/mol. The first-order valence-electron chi connectivity index (χ1n) is 9.25. The van der Waals surface area contributed by atoms with Gasteiger partial charge in [0.05, 0.1) is 12.4 Å². The summed E-state index contributed by atoms with van der Waals surface area (Å²) in [5, 5.41) is 0. The molecule has 116 valence electrons. The second kappa shape index (κ2) is 5.18. The summed E-state index contributed by atoms with van der Waals surface area (Å²) in [4.78, 5) is 0. The van der Waals surface area contributed by atoms with E-state index < -0.39 is 0 Å². The first-order chi connectivity index (χ1) is 10.2. The molecule has 0 aromatic carbocycles. The SMILES string of the molecule is CCOC1=CC2=CC[C@@H]3[C@H](CC[C@]4(C)CCC[C@@H]34)[C@H]2CC1. The van der Waals surface area contributed by atoms with Crippen LogP contribution < -0.4 is 0 Å². The predicted octanol–water partition coefficient (Wildman–Crippen LogP) is 5.48. The van der Waals surface area contributed by atoms with Gasteiger partial charge in [0.15, 0.2) is 0 Å². The van der Waals surface area contributed by atoms with Gasteiger partial charge in [0.25, 0.3) is 0 Å². The summed E-state index contributed by atoms with van der Waals surface area (Å²) in [5.74, 6) is 5.06. The standard InChI is InChI=1S/C20H30O/c1-3-21-15-7-9-16-14(13-15)6-8-18-17(16)10-12-20(2)11-4-5-19(18)20/h6,13,16-19H,3-5,7-12H2,1-2H3/t16-,17+,18+,19-,20-/m0/s1. The highest BCUT2D eigenvalue weighted by atomic mass is 16.5. The molecule has 2 fully saturated rings. The zero-order valence-corrected chi connectivity index (χ0v) is 13.7. The van der Waals surface area contributed by atoms with Crippen LogP contribution in [0.5, 0.6) is 0 Å². The lowest BCUT2D eigenvalue weighted by molar-refractivity contribution is 0.0126. The third kappa shape index (κ3) is 2.19. The molecule has 0 spiro atoms. The molecule has 4 aliphatic carbocycles. The quantitative estimate of drug-likeness (QED) is 0.653. The van der Waals surface area contributed by atoms with E-state index in [2.05, 4.69) is 26.0 Å². The Balaban J connectivity index is 1.59. The maximum Gasteiger partial charge on any atom is 0.0962 e. The zero-order valence-electron chi connectivity index (χ0n) is 13.7. The van der Waals surface area contributed by atoms with E-state index in [1.807, 2.05) is 0 Å². The third-order valence-corrected chi connectivity index (χ3v) is 7.20. The van der Waals surface area contributed by atoms with Crippen LogP contribution in [0.1, 0.15) is 65.2 Å². The normalized spacial score (nSPS) is 45.0. The van der Waals surface area contributed by atoms with Crippen molar-refractivity contribution in [3.8, 4) is 0 Å². The van der Waals surface area contributed by atoms with Crippen LogP contribution in [0.25, 0.3) is 0 Å². The lowest BCUT2D eigenvalue weighted by Crippen LogP contribution is -2.43. The molecule has 4 aliphatic rings. The van der Waals surface area contributed by atoms with E-state index in [9.17, 15) is 0 Å². The Morgan fingerprint density at radius 1 is 1.19 bits per heavy atom. The van der Waals surface area contributed by atoms with Gasteiger partial charge in [-0.3, -0.25) is 0 Å². The van der Waals surface area contributed by atoms with Gasteiger partial charge in [-0.2, -0.15) is 0 Å². The summed E-state index contributed by atoms with van der Waals surface area (Å²) in [5.41, 5.74) is 2.31. The van der Waals surface area contributed by atoms with Crippen molar-refractivity contribution in [1.29, 1.82) is 0 Å². The minimum Gasteiger partial charge on any atom is -0.498 e. The molecular weight excluding hydrogens is 256 g/mol. The van der Waals surface area contributed by atoms with Crippen LogP contribution in [0.2, 0.25) is 0 Å². The Hall–Kier alpha value is -0.720. The van der Waals surface area contributed by atoms with Crippen LogP contribution in [-0.2, 0) is 4.74 Å². The molecule has 5 atom stereocenters. The Kier molecular flexibility index (Phi) is 3.43. The molecule has 2 saturated carbocycles. The molecule has 4 rings (SSSR count). The summed E-state index contributed by atoms with van der Waals surface area (Å²) in [6.07, 6.45) is 16.3. The summed E-state index contributed by atoms with van der Waals surface area (Å²) < 4.78 is 5.77. The molecule has 0 saturated heterocycles. The highest BCUT2D eigenvalue weighted by Gasteiger charge is 2.51. The van der Waals surface area contributed by atoms with Crippen LogP contribution in [0, 0.1) is 29.1 Å². The van der Waals surface area contributed by atoms with Gasteiger partial charge in [0.1, 0.15) is 0 Å². The molecule has 1 nitrogen and oxygen atoms in total. The minimum atomic E-state index is 0.688. The number of ether oxygens (including phenoxy) is 1. The first-order valence-corrected chi connectivity index (χ1v) is 9.25. The Labute approximate surface area is 129 Å². The molecule has 0 amide bonds. The monoisotopic (exact) mass is 286 g/mol. The summed E-state index contributed by atoms with van der Waals surface area (Å²) in [6.45, 7) is 5.50. The van der Waals surface area contributed by atoms with E-state index in [4.69, 9.17) is 4.74 Å². The summed E-state index contributed by atoms with van der Waals surface area (Å²) >= 11 is 0. The topological polar surface area (TPSA) is 9.23 Å². The fraction of sp³-hybridized carbons (Fsp3) is 0.800. The molecule has 0 radical (unpaired) electrons. The maximum atomic E-state index is 5.77. The van der Waals surface area contributed by atoms with Crippen molar-refractivity contribution in [2.24, 2.45) is 29.1 Å². The van der Waals surface area contributed by atoms with Gasteiger partial charge in [0, 0.05) is 6.42 Å². The molecule has 0 bridgehead atoms. The molecular formula is C20H30O. The lowest BCUT2D eigenvalue weighted by atomic mass is 9.53. The highest BCUT2D eigenvalue weighted by Crippen LogP contribution is 2.61. The fourth-order valence-corrected chi connectivity index (χ4v) is 6.22. The van der Waals surface area contributed by atoms with Crippen molar-refractivity contribution in [1.82, 2.24) is 0 Å². The van der Waals surface area contributed by atoms with Gasteiger partial charge in [-0.25, -0.2) is 0 Å². The second-order valence-electron chi connectivity index (χ2n) is 8.15. The van der Waals surface area contributed by atoms with Crippen molar-refractivity contribution < 1.29 is 4.74 Å². The first kappa shape index (κ1) is 13.9. The van der Waals surface area contributed by atoms with E-state index in [0.29, 0.717) is 5.41 Å². The van der Waals surface area contributed by atoms with Gasteiger partial charge in [-0.15, -0.1) is 0 Å². The number of hydrogen-bond donors (Lipinski definition) is 0. The molecule has 21 heavy (non-hydrogen) atoms. The molecule has 0 N–H and O–H groups in total. The molecule has 0 aliphatic heterocycles. The van der Waals surface area contributed by atoms with Crippen molar-refractivity contribution in [3.05, 3.63) is 23.5 Å². The number of rotatable bonds is 2. The van der Waals surface area contributed by atoms with Gasteiger partial charge < -0.3 is 4.74 Å². The zero-order chi connectivity index (χ0) is 14.4. The van der Waals surface area contributed by atoms with E-state index in [-0.39, 0.29) is 0 Å². The van der Waals surface area contributed by atoms with Crippen LogP contribution in [0.15, 0.2) is 23.5 Å². The molecule has 0 aromatic heterocycles. The summed E-state index contributed by atoms with van der Waals surface area (Å²) in [7, 11) is 0. The molecule has 0 heterocycles. The van der Waals surface area contributed by atoms with Crippen molar-refractivity contribution in [3.63, 3.8) is 0 Å². The van der Waals surface area contributed by atoms with Crippen LogP contribution in [0.4, 0.5) is 0 Å².